The van der Waals surface area contributed by atoms with E-state index in [9.17, 15) is 22.8 Å². The SMILES string of the molecule is COc1ccc([C@@]2(C)NC(=O)N(CC(=O)N(CC(C)C)[C@H]3CCS(=O)(=O)C3)C2=O)cc1. The van der Waals surface area contributed by atoms with Gasteiger partial charge in [-0.15, -0.1) is 0 Å². The Bertz CT molecular complexity index is 975. The van der Waals surface area contributed by atoms with Crippen LogP contribution in [-0.4, -0.2) is 73.8 Å². The van der Waals surface area contributed by atoms with Crippen LogP contribution in [0.5, 0.6) is 5.75 Å². The molecule has 1 aromatic rings. The second kappa shape index (κ2) is 8.49. The number of ether oxygens (including phenoxy) is 1. The first-order chi connectivity index (χ1) is 14.5. The number of benzene rings is 1. The average molecular weight is 452 g/mol. The quantitative estimate of drug-likeness (QED) is 0.622. The van der Waals surface area contributed by atoms with E-state index in [4.69, 9.17) is 4.74 Å². The highest BCUT2D eigenvalue weighted by atomic mass is 32.2. The number of sulfone groups is 1. The van der Waals surface area contributed by atoms with Crippen molar-refractivity contribution in [1.29, 1.82) is 0 Å². The molecule has 2 aliphatic heterocycles. The molecule has 0 saturated carbocycles. The molecule has 3 rings (SSSR count). The highest BCUT2D eigenvalue weighted by molar-refractivity contribution is 7.91. The smallest absolute Gasteiger partial charge is 0.325 e. The number of carbonyl (C=O) groups excluding carboxylic acids is 3. The zero-order chi connectivity index (χ0) is 23.0. The summed E-state index contributed by atoms with van der Waals surface area (Å²) in [6.45, 7) is 5.38. The van der Waals surface area contributed by atoms with E-state index >= 15 is 0 Å². The van der Waals surface area contributed by atoms with Crippen LogP contribution in [0.1, 0.15) is 32.8 Å². The molecule has 2 saturated heterocycles. The Morgan fingerprint density at radius 2 is 1.94 bits per heavy atom. The first-order valence-corrected chi connectivity index (χ1v) is 12.1. The van der Waals surface area contributed by atoms with Crippen LogP contribution in [0.25, 0.3) is 0 Å². The number of carbonyl (C=O) groups is 3. The Hall–Kier alpha value is -2.62. The summed E-state index contributed by atoms with van der Waals surface area (Å²) >= 11 is 0. The fourth-order valence-electron chi connectivity index (χ4n) is 4.06. The van der Waals surface area contributed by atoms with Gasteiger partial charge in [0.05, 0.1) is 18.6 Å². The van der Waals surface area contributed by atoms with Crippen LogP contribution in [0.15, 0.2) is 24.3 Å². The maximum Gasteiger partial charge on any atom is 0.325 e. The summed E-state index contributed by atoms with van der Waals surface area (Å²) in [7, 11) is -1.65. The largest absolute Gasteiger partial charge is 0.497 e. The van der Waals surface area contributed by atoms with Crippen molar-refractivity contribution in [3.05, 3.63) is 29.8 Å². The molecule has 2 heterocycles. The van der Waals surface area contributed by atoms with Crippen LogP contribution in [0, 0.1) is 5.92 Å². The van der Waals surface area contributed by atoms with Gasteiger partial charge in [0.1, 0.15) is 17.8 Å². The van der Waals surface area contributed by atoms with Gasteiger partial charge in [-0.25, -0.2) is 13.2 Å². The molecule has 1 aromatic carbocycles. The maximum atomic E-state index is 13.1. The molecule has 1 N–H and O–H groups in total. The van der Waals surface area contributed by atoms with Crippen molar-refractivity contribution in [1.82, 2.24) is 15.1 Å². The molecular weight excluding hydrogens is 422 g/mol. The Labute approximate surface area is 182 Å². The Kier molecular flexibility index (Phi) is 6.31. The van der Waals surface area contributed by atoms with E-state index in [1.165, 1.54) is 12.0 Å². The van der Waals surface area contributed by atoms with E-state index < -0.39 is 45.8 Å². The van der Waals surface area contributed by atoms with Crippen molar-refractivity contribution in [3.63, 3.8) is 0 Å². The minimum absolute atomic E-state index is 0.0399. The van der Waals surface area contributed by atoms with Crippen LogP contribution in [0.2, 0.25) is 0 Å². The van der Waals surface area contributed by atoms with Gasteiger partial charge in [-0.3, -0.25) is 14.5 Å². The van der Waals surface area contributed by atoms with Crippen molar-refractivity contribution in [2.45, 2.75) is 38.8 Å². The van der Waals surface area contributed by atoms with Crippen molar-refractivity contribution in [2.24, 2.45) is 5.92 Å². The van der Waals surface area contributed by atoms with E-state index in [-0.39, 0.29) is 17.4 Å². The summed E-state index contributed by atoms with van der Waals surface area (Å²) in [5.74, 6) is -0.280. The lowest BCUT2D eigenvalue weighted by molar-refractivity contribution is -0.140. The molecule has 31 heavy (non-hydrogen) atoms. The third-order valence-electron chi connectivity index (χ3n) is 5.77. The van der Waals surface area contributed by atoms with Gasteiger partial charge in [0.25, 0.3) is 5.91 Å². The molecule has 0 spiro atoms. The number of hydrogen-bond acceptors (Lipinski definition) is 6. The number of amides is 4. The molecule has 0 bridgehead atoms. The zero-order valence-electron chi connectivity index (χ0n) is 18.3. The Morgan fingerprint density at radius 1 is 1.29 bits per heavy atom. The molecule has 0 aliphatic carbocycles. The number of rotatable bonds is 7. The van der Waals surface area contributed by atoms with Gasteiger partial charge in [0.15, 0.2) is 9.84 Å². The third kappa shape index (κ3) is 4.68. The van der Waals surface area contributed by atoms with Gasteiger partial charge in [-0.2, -0.15) is 0 Å². The van der Waals surface area contributed by atoms with Gasteiger partial charge >= 0.3 is 6.03 Å². The molecule has 2 fully saturated rings. The van der Waals surface area contributed by atoms with Crippen molar-refractivity contribution < 1.29 is 27.5 Å². The fraction of sp³-hybridized carbons (Fsp3) is 0.571. The lowest BCUT2D eigenvalue weighted by atomic mass is 9.92. The third-order valence-corrected chi connectivity index (χ3v) is 7.52. The predicted octanol–water partition coefficient (Wildman–Crippen LogP) is 1.13. The summed E-state index contributed by atoms with van der Waals surface area (Å²) in [6, 6.07) is 5.68. The summed E-state index contributed by atoms with van der Waals surface area (Å²) in [5.41, 5.74) is -0.731. The fourth-order valence-corrected chi connectivity index (χ4v) is 5.79. The lowest BCUT2D eigenvalue weighted by Gasteiger charge is -2.31. The normalized spacial score (nSPS) is 25.1. The monoisotopic (exact) mass is 451 g/mol. The summed E-state index contributed by atoms with van der Waals surface area (Å²) in [4.78, 5) is 41.3. The minimum Gasteiger partial charge on any atom is -0.497 e. The van der Waals surface area contributed by atoms with E-state index in [0.717, 1.165) is 4.90 Å². The van der Waals surface area contributed by atoms with Gasteiger partial charge in [0, 0.05) is 12.6 Å². The van der Waals surface area contributed by atoms with Crippen molar-refractivity contribution >= 4 is 27.7 Å². The number of imide groups is 1. The summed E-state index contributed by atoms with van der Waals surface area (Å²) in [6.07, 6.45) is 0.366. The first-order valence-electron chi connectivity index (χ1n) is 10.3. The molecule has 0 radical (unpaired) electrons. The maximum absolute atomic E-state index is 13.1. The molecule has 9 nitrogen and oxygen atoms in total. The van der Waals surface area contributed by atoms with Gasteiger partial charge in [-0.1, -0.05) is 26.0 Å². The van der Waals surface area contributed by atoms with Crippen LogP contribution >= 0.6 is 0 Å². The van der Waals surface area contributed by atoms with E-state index in [1.807, 2.05) is 13.8 Å². The standard InChI is InChI=1S/C21H29N3O6S/c1-14(2)11-23(16-9-10-31(28,29)13-16)18(25)12-24-19(26)21(3,22-20(24)27)15-5-7-17(30-4)8-6-15/h5-8,14,16H,9-13H2,1-4H3,(H,22,27)/t16-,21+/m0/s1. The number of nitrogens with one attached hydrogen (secondary N) is 1. The molecule has 10 heteroatoms. The Balaban J connectivity index is 1.79. The molecule has 2 aliphatic rings. The molecule has 0 unspecified atom stereocenters. The number of hydrogen-bond donors (Lipinski definition) is 1. The average Bonchev–Trinajstić information content (AvgIpc) is 3.17. The highest BCUT2D eigenvalue weighted by Crippen LogP contribution is 2.30. The number of nitrogens with zero attached hydrogens (tertiary/aromatic N) is 2. The van der Waals surface area contributed by atoms with Gasteiger partial charge in [0.2, 0.25) is 5.91 Å². The summed E-state index contributed by atoms with van der Waals surface area (Å²) < 4.78 is 29.0. The van der Waals surface area contributed by atoms with Crippen LogP contribution < -0.4 is 10.1 Å². The van der Waals surface area contributed by atoms with Crippen LogP contribution in [0.4, 0.5) is 4.79 Å². The van der Waals surface area contributed by atoms with E-state index in [2.05, 4.69) is 5.32 Å². The topological polar surface area (TPSA) is 113 Å². The number of methoxy groups -OCH3 is 1. The molecular formula is C21H29N3O6S. The second-order valence-electron chi connectivity index (χ2n) is 8.67. The van der Waals surface area contributed by atoms with Gasteiger partial charge in [-0.05, 0) is 37.0 Å². The van der Waals surface area contributed by atoms with Crippen LogP contribution in [0.3, 0.4) is 0 Å². The predicted molar refractivity (Wildman–Crippen MR) is 114 cm³/mol. The van der Waals surface area contributed by atoms with E-state index in [0.29, 0.717) is 24.3 Å². The highest BCUT2D eigenvalue weighted by Gasteiger charge is 2.50. The van der Waals surface area contributed by atoms with Gasteiger partial charge < -0.3 is 15.0 Å². The molecule has 4 amide bonds. The Morgan fingerprint density at radius 3 is 2.45 bits per heavy atom. The number of urea groups is 1. The lowest BCUT2D eigenvalue weighted by Crippen LogP contribution is -2.49. The minimum atomic E-state index is -3.18. The molecule has 2 atom stereocenters. The molecule has 170 valence electrons. The second-order valence-corrected chi connectivity index (χ2v) is 10.9. The van der Waals surface area contributed by atoms with E-state index in [1.54, 1.807) is 31.2 Å². The van der Waals surface area contributed by atoms with Crippen molar-refractivity contribution in [3.8, 4) is 5.75 Å². The molecule has 0 aromatic heterocycles. The van der Waals surface area contributed by atoms with Crippen LogP contribution in [-0.2, 0) is 25.0 Å². The first kappa shape index (κ1) is 23.1. The van der Waals surface area contributed by atoms with Crippen molar-refractivity contribution in [2.75, 3.05) is 31.7 Å². The zero-order valence-corrected chi connectivity index (χ0v) is 19.1. The summed E-state index contributed by atoms with van der Waals surface area (Å²) in [5, 5.41) is 2.68.